The standard InChI is InChI=1S/C13H15NO/c14-12-6-8-13(9-7-12)15-10-11-4-2-1-3-5-11/h1-6,8H,7,9-10,14H2. The molecule has 0 atom stereocenters. The topological polar surface area (TPSA) is 35.2 Å². The van der Waals surface area contributed by atoms with Crippen LogP contribution in [0.25, 0.3) is 0 Å². The summed E-state index contributed by atoms with van der Waals surface area (Å²) in [5.74, 6) is 1.02. The molecular weight excluding hydrogens is 186 g/mol. The second kappa shape index (κ2) is 4.69. The molecule has 1 aromatic carbocycles. The van der Waals surface area contributed by atoms with Crippen LogP contribution in [0.2, 0.25) is 0 Å². The summed E-state index contributed by atoms with van der Waals surface area (Å²) in [6.07, 6.45) is 5.70. The summed E-state index contributed by atoms with van der Waals surface area (Å²) in [6, 6.07) is 10.2. The van der Waals surface area contributed by atoms with Gasteiger partial charge in [-0.05, 0) is 24.1 Å². The molecule has 0 bridgehead atoms. The zero-order chi connectivity index (χ0) is 10.5. The van der Waals surface area contributed by atoms with Gasteiger partial charge in [-0.25, -0.2) is 0 Å². The fourth-order valence-electron chi connectivity index (χ4n) is 1.50. The molecule has 78 valence electrons. The number of ether oxygens (including phenoxy) is 1. The van der Waals surface area contributed by atoms with Crippen LogP contribution in [0.4, 0.5) is 0 Å². The van der Waals surface area contributed by atoms with Crippen LogP contribution < -0.4 is 5.73 Å². The van der Waals surface area contributed by atoms with Crippen LogP contribution in [0, 0.1) is 0 Å². The van der Waals surface area contributed by atoms with Crippen molar-refractivity contribution in [1.82, 2.24) is 0 Å². The molecule has 2 N–H and O–H groups in total. The van der Waals surface area contributed by atoms with E-state index in [-0.39, 0.29) is 0 Å². The van der Waals surface area contributed by atoms with Gasteiger partial charge >= 0.3 is 0 Å². The summed E-state index contributed by atoms with van der Waals surface area (Å²) in [4.78, 5) is 0. The summed E-state index contributed by atoms with van der Waals surface area (Å²) in [6.45, 7) is 0.639. The van der Waals surface area contributed by atoms with E-state index in [2.05, 4.69) is 12.1 Å². The average molecular weight is 201 g/mol. The second-order valence-electron chi connectivity index (χ2n) is 3.65. The smallest absolute Gasteiger partial charge is 0.113 e. The van der Waals surface area contributed by atoms with Crippen LogP contribution in [-0.2, 0) is 11.3 Å². The lowest BCUT2D eigenvalue weighted by atomic mass is 10.1. The number of allylic oxidation sites excluding steroid dienone is 4. The molecule has 0 spiro atoms. The molecule has 0 amide bonds. The van der Waals surface area contributed by atoms with Gasteiger partial charge in [0.25, 0.3) is 0 Å². The predicted octanol–water partition coefficient (Wildman–Crippen LogP) is 2.72. The summed E-state index contributed by atoms with van der Waals surface area (Å²) in [7, 11) is 0. The van der Waals surface area contributed by atoms with E-state index in [1.165, 1.54) is 5.56 Å². The molecule has 0 unspecified atom stereocenters. The third-order valence-electron chi connectivity index (χ3n) is 2.41. The maximum Gasteiger partial charge on any atom is 0.113 e. The number of hydrogen-bond donors (Lipinski definition) is 1. The molecule has 2 rings (SSSR count). The van der Waals surface area contributed by atoms with Gasteiger partial charge < -0.3 is 10.5 Å². The Labute approximate surface area is 90.1 Å². The zero-order valence-electron chi connectivity index (χ0n) is 8.65. The molecule has 0 aromatic heterocycles. The minimum absolute atomic E-state index is 0.639. The molecule has 2 nitrogen and oxygen atoms in total. The van der Waals surface area contributed by atoms with Gasteiger partial charge in [-0.2, -0.15) is 0 Å². The highest BCUT2D eigenvalue weighted by Crippen LogP contribution is 2.17. The molecule has 1 aromatic rings. The minimum Gasteiger partial charge on any atom is -0.493 e. The Morgan fingerprint density at radius 3 is 2.53 bits per heavy atom. The second-order valence-corrected chi connectivity index (χ2v) is 3.65. The first-order chi connectivity index (χ1) is 7.34. The van der Waals surface area contributed by atoms with Crippen molar-refractivity contribution in [3.05, 3.63) is 59.5 Å². The molecule has 0 saturated carbocycles. The fraction of sp³-hybridized carbons (Fsp3) is 0.231. The van der Waals surface area contributed by atoms with Gasteiger partial charge in [0, 0.05) is 12.1 Å². The van der Waals surface area contributed by atoms with Gasteiger partial charge in [-0.3, -0.25) is 0 Å². The van der Waals surface area contributed by atoms with Gasteiger partial charge in [-0.15, -0.1) is 0 Å². The molecule has 1 aliphatic carbocycles. The highest BCUT2D eigenvalue weighted by molar-refractivity contribution is 5.19. The first kappa shape index (κ1) is 9.84. The van der Waals surface area contributed by atoms with Crippen molar-refractivity contribution >= 4 is 0 Å². The molecular formula is C13H15NO. The van der Waals surface area contributed by atoms with E-state index in [0.717, 1.165) is 24.3 Å². The Morgan fingerprint density at radius 2 is 1.87 bits per heavy atom. The van der Waals surface area contributed by atoms with Crippen molar-refractivity contribution in [3.8, 4) is 0 Å². The van der Waals surface area contributed by atoms with Crippen LogP contribution >= 0.6 is 0 Å². The fourth-order valence-corrected chi connectivity index (χ4v) is 1.50. The van der Waals surface area contributed by atoms with Crippen LogP contribution in [0.3, 0.4) is 0 Å². The van der Waals surface area contributed by atoms with E-state index < -0.39 is 0 Å². The Balaban J connectivity index is 1.89. The SMILES string of the molecule is NC1=CC=C(OCc2ccccc2)CC1. The van der Waals surface area contributed by atoms with E-state index in [1.807, 2.05) is 30.4 Å². The summed E-state index contributed by atoms with van der Waals surface area (Å²) < 4.78 is 5.68. The first-order valence-corrected chi connectivity index (χ1v) is 5.16. The molecule has 0 heterocycles. The van der Waals surface area contributed by atoms with Crippen LogP contribution in [-0.4, -0.2) is 0 Å². The first-order valence-electron chi connectivity index (χ1n) is 5.16. The summed E-state index contributed by atoms with van der Waals surface area (Å²) in [5.41, 5.74) is 7.79. The normalized spacial score (nSPS) is 15.5. The van der Waals surface area contributed by atoms with Gasteiger partial charge in [-0.1, -0.05) is 30.3 Å². The maximum atomic E-state index is 5.68. The summed E-state index contributed by atoms with van der Waals surface area (Å²) >= 11 is 0. The van der Waals surface area contributed by atoms with Crippen molar-refractivity contribution in [2.75, 3.05) is 0 Å². The van der Waals surface area contributed by atoms with Gasteiger partial charge in [0.1, 0.15) is 6.61 Å². The van der Waals surface area contributed by atoms with E-state index in [0.29, 0.717) is 6.61 Å². The molecule has 15 heavy (non-hydrogen) atoms. The Bertz CT molecular complexity index is 379. The van der Waals surface area contributed by atoms with Crippen LogP contribution in [0.1, 0.15) is 18.4 Å². The van der Waals surface area contributed by atoms with E-state index in [9.17, 15) is 0 Å². The van der Waals surface area contributed by atoms with Gasteiger partial charge in [0.2, 0.25) is 0 Å². The van der Waals surface area contributed by atoms with Crippen LogP contribution in [0.5, 0.6) is 0 Å². The maximum absolute atomic E-state index is 5.68. The molecule has 0 radical (unpaired) electrons. The Morgan fingerprint density at radius 1 is 1.07 bits per heavy atom. The van der Waals surface area contributed by atoms with Gasteiger partial charge in [0.15, 0.2) is 0 Å². The van der Waals surface area contributed by atoms with Crippen molar-refractivity contribution in [2.24, 2.45) is 5.73 Å². The monoisotopic (exact) mass is 201 g/mol. The zero-order valence-corrected chi connectivity index (χ0v) is 8.65. The number of nitrogens with two attached hydrogens (primary N) is 1. The highest BCUT2D eigenvalue weighted by Gasteiger charge is 2.04. The van der Waals surface area contributed by atoms with E-state index in [1.54, 1.807) is 0 Å². The van der Waals surface area contributed by atoms with Gasteiger partial charge in [0.05, 0.1) is 5.76 Å². The van der Waals surface area contributed by atoms with Crippen molar-refractivity contribution in [1.29, 1.82) is 0 Å². The molecule has 0 aliphatic heterocycles. The lowest BCUT2D eigenvalue weighted by molar-refractivity contribution is 0.188. The quantitative estimate of drug-likeness (QED) is 0.816. The average Bonchev–Trinajstić information content (AvgIpc) is 2.30. The van der Waals surface area contributed by atoms with Crippen molar-refractivity contribution < 1.29 is 4.74 Å². The lowest BCUT2D eigenvalue weighted by Gasteiger charge is -2.13. The minimum atomic E-state index is 0.639. The molecule has 0 fully saturated rings. The number of benzene rings is 1. The third kappa shape index (κ3) is 2.88. The Kier molecular flexibility index (Phi) is 3.08. The molecule has 2 heteroatoms. The molecule has 1 aliphatic rings. The summed E-state index contributed by atoms with van der Waals surface area (Å²) in [5, 5.41) is 0. The van der Waals surface area contributed by atoms with Crippen LogP contribution in [0.15, 0.2) is 53.9 Å². The number of rotatable bonds is 3. The predicted molar refractivity (Wildman–Crippen MR) is 60.8 cm³/mol. The van der Waals surface area contributed by atoms with E-state index >= 15 is 0 Å². The largest absolute Gasteiger partial charge is 0.493 e. The van der Waals surface area contributed by atoms with Crippen molar-refractivity contribution in [2.45, 2.75) is 19.4 Å². The number of hydrogen-bond acceptors (Lipinski definition) is 2. The molecule has 0 saturated heterocycles. The van der Waals surface area contributed by atoms with E-state index in [4.69, 9.17) is 10.5 Å². The third-order valence-corrected chi connectivity index (χ3v) is 2.41. The Hall–Kier alpha value is -1.70. The van der Waals surface area contributed by atoms with Crippen molar-refractivity contribution in [3.63, 3.8) is 0 Å². The highest BCUT2D eigenvalue weighted by atomic mass is 16.5. The lowest BCUT2D eigenvalue weighted by Crippen LogP contribution is -2.03.